The molecule has 5 atom stereocenters. The number of aromatic nitrogens is 4. The zero-order chi connectivity index (χ0) is 20.5. The minimum atomic E-state index is -1.35. The molecule has 2 aliphatic rings. The van der Waals surface area contributed by atoms with Crippen molar-refractivity contribution in [2.24, 2.45) is 16.1 Å². The molecule has 11 heteroatoms. The Morgan fingerprint density at radius 1 is 1.34 bits per heavy atom. The standard InChI is InChI=1S/C18H23N7O4/c1-9(26)14-12(27)13(28)17(29-14)25-8-20-11-15(19)22-18(23-16(11)25)24-21-7-10-5-3-2-4-6-10/h2-3,8,10,12-14,17,27-28H,4-7H2,1H3,(H2,19,22,23)/t10?,12-,13+,14+,17+/m0/s1. The van der Waals surface area contributed by atoms with Gasteiger partial charge in [0.1, 0.15) is 23.8 Å². The average molecular weight is 401 g/mol. The summed E-state index contributed by atoms with van der Waals surface area (Å²) in [6, 6.07) is 0. The van der Waals surface area contributed by atoms with Gasteiger partial charge >= 0.3 is 0 Å². The summed E-state index contributed by atoms with van der Waals surface area (Å²) in [6.07, 6.45) is 3.93. The number of hydrogen-bond donors (Lipinski definition) is 3. The van der Waals surface area contributed by atoms with E-state index in [0.717, 1.165) is 19.3 Å². The zero-order valence-corrected chi connectivity index (χ0v) is 15.9. The van der Waals surface area contributed by atoms with E-state index < -0.39 is 24.5 Å². The number of ether oxygens (including phenoxy) is 1. The van der Waals surface area contributed by atoms with Gasteiger partial charge in [-0.25, -0.2) is 4.98 Å². The number of anilines is 1. The molecule has 1 unspecified atom stereocenters. The summed E-state index contributed by atoms with van der Waals surface area (Å²) in [5.41, 5.74) is 6.55. The lowest BCUT2D eigenvalue weighted by Gasteiger charge is -2.16. The fraction of sp³-hybridized carbons (Fsp3) is 0.556. The third kappa shape index (κ3) is 3.76. The molecule has 0 radical (unpaired) electrons. The number of fused-ring (bicyclic) bond motifs is 1. The number of nitrogens with zero attached hydrogens (tertiary/aromatic N) is 6. The molecule has 154 valence electrons. The van der Waals surface area contributed by atoms with Crippen LogP contribution in [0.5, 0.6) is 0 Å². The molecule has 0 saturated carbocycles. The molecule has 2 aromatic rings. The van der Waals surface area contributed by atoms with Crippen molar-refractivity contribution in [3.8, 4) is 0 Å². The second kappa shape index (κ2) is 7.93. The molecule has 1 fully saturated rings. The van der Waals surface area contributed by atoms with Gasteiger partial charge in [-0.2, -0.15) is 15.1 Å². The monoisotopic (exact) mass is 401 g/mol. The smallest absolute Gasteiger partial charge is 0.272 e. The molecule has 4 rings (SSSR count). The summed E-state index contributed by atoms with van der Waals surface area (Å²) in [7, 11) is 0. The highest BCUT2D eigenvalue weighted by Gasteiger charge is 2.46. The largest absolute Gasteiger partial charge is 0.387 e. The van der Waals surface area contributed by atoms with E-state index >= 15 is 0 Å². The van der Waals surface area contributed by atoms with E-state index in [1.165, 1.54) is 17.8 Å². The lowest BCUT2D eigenvalue weighted by Crippen LogP contribution is -2.34. The third-order valence-corrected chi connectivity index (χ3v) is 5.23. The molecule has 4 N–H and O–H groups in total. The molecular weight excluding hydrogens is 378 g/mol. The van der Waals surface area contributed by atoms with Crippen LogP contribution in [-0.4, -0.2) is 60.4 Å². The number of imidazole rings is 1. The van der Waals surface area contributed by atoms with Gasteiger partial charge in [-0.05, 0) is 32.1 Å². The molecule has 1 aliphatic heterocycles. The number of nitrogen functional groups attached to an aromatic ring is 1. The van der Waals surface area contributed by atoms with Crippen LogP contribution in [-0.2, 0) is 9.53 Å². The molecule has 0 aromatic carbocycles. The predicted octanol–water partition coefficient (Wildman–Crippen LogP) is 1.06. The zero-order valence-electron chi connectivity index (χ0n) is 15.9. The number of aliphatic hydroxyl groups is 2. The van der Waals surface area contributed by atoms with Gasteiger partial charge in [0, 0.05) is 0 Å². The van der Waals surface area contributed by atoms with Gasteiger partial charge in [0.2, 0.25) is 0 Å². The highest BCUT2D eigenvalue weighted by Crippen LogP contribution is 2.33. The van der Waals surface area contributed by atoms with E-state index in [4.69, 9.17) is 10.5 Å². The Kier molecular flexibility index (Phi) is 5.35. The Bertz CT molecular complexity index is 973. The van der Waals surface area contributed by atoms with Crippen molar-refractivity contribution >= 4 is 28.7 Å². The highest BCUT2D eigenvalue weighted by molar-refractivity contribution is 5.83. The molecule has 11 nitrogen and oxygen atoms in total. The summed E-state index contributed by atoms with van der Waals surface area (Å²) in [5.74, 6) is 0.241. The van der Waals surface area contributed by atoms with Gasteiger partial charge in [0.05, 0.1) is 12.9 Å². The van der Waals surface area contributed by atoms with Crippen molar-refractivity contribution < 1.29 is 19.7 Å². The first-order chi connectivity index (χ1) is 14.0. The number of hydrogen-bond acceptors (Lipinski definition) is 10. The van der Waals surface area contributed by atoms with Crippen LogP contribution in [0, 0.1) is 5.92 Å². The third-order valence-electron chi connectivity index (χ3n) is 5.23. The lowest BCUT2D eigenvalue weighted by atomic mass is 9.95. The summed E-state index contributed by atoms with van der Waals surface area (Å²) in [4.78, 5) is 24.2. The van der Waals surface area contributed by atoms with Crippen LogP contribution >= 0.6 is 0 Å². The normalized spacial score (nSPS) is 29.8. The number of Topliss-reactive ketones (excluding diaryl/α,β-unsaturated/α-hetero) is 1. The quantitative estimate of drug-likeness (QED) is 0.495. The summed E-state index contributed by atoms with van der Waals surface area (Å²) < 4.78 is 6.96. The molecule has 1 aliphatic carbocycles. The SMILES string of the molecule is CC(=O)[C@H]1O[C@@H](n2cnc3c(N)nc(N=NCC4CC=CCC4)nc32)[C@H](O)[C@@H]1O. The second-order valence-electron chi connectivity index (χ2n) is 7.35. The summed E-state index contributed by atoms with van der Waals surface area (Å²) >= 11 is 0. The van der Waals surface area contributed by atoms with Crippen molar-refractivity contribution in [1.29, 1.82) is 0 Å². The number of azo groups is 1. The lowest BCUT2D eigenvalue weighted by molar-refractivity contribution is -0.133. The van der Waals surface area contributed by atoms with Gasteiger partial charge in [0.25, 0.3) is 5.95 Å². The van der Waals surface area contributed by atoms with Crippen molar-refractivity contribution in [3.05, 3.63) is 18.5 Å². The fourth-order valence-corrected chi connectivity index (χ4v) is 3.62. The van der Waals surface area contributed by atoms with Gasteiger partial charge in [-0.15, -0.1) is 5.11 Å². The number of nitrogens with two attached hydrogens (primary N) is 1. The number of ketones is 1. The van der Waals surface area contributed by atoms with Crippen molar-refractivity contribution in [3.63, 3.8) is 0 Å². The highest BCUT2D eigenvalue weighted by atomic mass is 16.6. The van der Waals surface area contributed by atoms with E-state index in [1.807, 2.05) is 0 Å². The number of carbonyl (C=O) groups is 1. The van der Waals surface area contributed by atoms with Crippen molar-refractivity contribution in [2.75, 3.05) is 12.3 Å². The van der Waals surface area contributed by atoms with Crippen LogP contribution in [0.4, 0.5) is 11.8 Å². The first kappa shape index (κ1) is 19.6. The van der Waals surface area contributed by atoms with Gasteiger partial charge in [-0.3, -0.25) is 9.36 Å². The molecule has 0 bridgehead atoms. The van der Waals surface area contributed by atoms with Crippen LogP contribution in [0.15, 0.2) is 28.7 Å². The Labute approximate surface area is 166 Å². The van der Waals surface area contributed by atoms with Crippen LogP contribution in [0.2, 0.25) is 0 Å². The average Bonchev–Trinajstić information content (AvgIpc) is 3.25. The van der Waals surface area contributed by atoms with Gasteiger partial charge in [-0.1, -0.05) is 12.2 Å². The topological polar surface area (TPSA) is 161 Å². The first-order valence-corrected chi connectivity index (χ1v) is 9.50. The summed E-state index contributed by atoms with van der Waals surface area (Å²) in [6.45, 7) is 1.86. The maximum Gasteiger partial charge on any atom is 0.272 e. The van der Waals surface area contributed by atoms with Crippen molar-refractivity contribution in [1.82, 2.24) is 19.5 Å². The number of allylic oxidation sites excluding steroid dienone is 2. The van der Waals surface area contributed by atoms with E-state index in [2.05, 4.69) is 37.3 Å². The molecule has 29 heavy (non-hydrogen) atoms. The van der Waals surface area contributed by atoms with Gasteiger partial charge in [0.15, 0.2) is 23.5 Å². The molecule has 3 heterocycles. The Hall–Kier alpha value is -2.76. The first-order valence-electron chi connectivity index (χ1n) is 9.50. The summed E-state index contributed by atoms with van der Waals surface area (Å²) in [5, 5.41) is 28.7. The van der Waals surface area contributed by atoms with Crippen molar-refractivity contribution in [2.45, 2.75) is 50.7 Å². The molecule has 0 amide bonds. The number of carbonyl (C=O) groups excluding carboxylic acids is 1. The number of rotatable bonds is 5. The Morgan fingerprint density at radius 3 is 2.86 bits per heavy atom. The van der Waals surface area contributed by atoms with Crippen LogP contribution in [0.1, 0.15) is 32.4 Å². The van der Waals surface area contributed by atoms with Crippen LogP contribution in [0.3, 0.4) is 0 Å². The number of aliphatic hydroxyl groups excluding tert-OH is 2. The van der Waals surface area contributed by atoms with Crippen LogP contribution < -0.4 is 5.73 Å². The van der Waals surface area contributed by atoms with Crippen LogP contribution in [0.25, 0.3) is 11.2 Å². The second-order valence-corrected chi connectivity index (χ2v) is 7.35. The molecule has 0 spiro atoms. The molecule has 1 saturated heterocycles. The van der Waals surface area contributed by atoms with Gasteiger partial charge < -0.3 is 20.7 Å². The molecular formula is C18H23N7O4. The Balaban J connectivity index is 1.60. The van der Waals surface area contributed by atoms with E-state index in [-0.39, 0.29) is 23.2 Å². The predicted molar refractivity (Wildman–Crippen MR) is 102 cm³/mol. The minimum Gasteiger partial charge on any atom is -0.387 e. The maximum absolute atomic E-state index is 11.6. The molecule has 2 aromatic heterocycles. The fourth-order valence-electron chi connectivity index (χ4n) is 3.62. The minimum absolute atomic E-state index is 0.0688. The van der Waals surface area contributed by atoms with E-state index in [1.54, 1.807) is 0 Å². The van der Waals surface area contributed by atoms with E-state index in [0.29, 0.717) is 18.0 Å². The maximum atomic E-state index is 11.6. The van der Waals surface area contributed by atoms with E-state index in [9.17, 15) is 15.0 Å². The Morgan fingerprint density at radius 2 is 2.17 bits per heavy atom.